The average molecular weight is 276 g/mol. The molecule has 0 spiro atoms. The number of aromatic nitrogens is 1. The van der Waals surface area contributed by atoms with Crippen LogP contribution >= 0.6 is 0 Å². The van der Waals surface area contributed by atoms with Gasteiger partial charge >= 0.3 is 0 Å². The van der Waals surface area contributed by atoms with Crippen LogP contribution in [0.1, 0.15) is 16.1 Å². The summed E-state index contributed by atoms with van der Waals surface area (Å²) in [6.45, 7) is 0. The molecule has 0 fully saturated rings. The van der Waals surface area contributed by atoms with Gasteiger partial charge in [0, 0.05) is 11.9 Å². The van der Waals surface area contributed by atoms with E-state index in [9.17, 15) is 10.1 Å². The van der Waals surface area contributed by atoms with Crippen molar-refractivity contribution in [2.45, 2.75) is 0 Å². The summed E-state index contributed by atoms with van der Waals surface area (Å²) in [6, 6.07) is 16.5. The van der Waals surface area contributed by atoms with Gasteiger partial charge in [-0.1, -0.05) is 24.3 Å². The van der Waals surface area contributed by atoms with Crippen LogP contribution in [0.4, 0.5) is 11.4 Å². The summed E-state index contributed by atoms with van der Waals surface area (Å²) >= 11 is 0. The third-order valence-electron chi connectivity index (χ3n) is 3.24. The van der Waals surface area contributed by atoms with E-state index in [2.05, 4.69) is 11.4 Å². The van der Waals surface area contributed by atoms with Gasteiger partial charge in [-0.3, -0.25) is 4.79 Å². The van der Waals surface area contributed by atoms with E-state index in [-0.39, 0.29) is 17.3 Å². The van der Waals surface area contributed by atoms with Gasteiger partial charge < -0.3 is 15.5 Å². The van der Waals surface area contributed by atoms with E-state index >= 15 is 0 Å². The maximum Gasteiger partial charge on any atom is 0.274 e. The van der Waals surface area contributed by atoms with Crippen molar-refractivity contribution in [3.8, 4) is 6.07 Å². The van der Waals surface area contributed by atoms with Crippen molar-refractivity contribution in [3.63, 3.8) is 0 Å². The Labute approximate surface area is 121 Å². The van der Waals surface area contributed by atoms with Gasteiger partial charge in [-0.15, -0.1) is 0 Å². The molecular formula is C16H12N4O. The first-order chi connectivity index (χ1) is 10.2. The first kappa shape index (κ1) is 12.8. The lowest BCUT2D eigenvalue weighted by atomic mass is 10.2. The predicted molar refractivity (Wildman–Crippen MR) is 80.9 cm³/mol. The summed E-state index contributed by atoms with van der Waals surface area (Å²) < 4.78 is 1.63. The van der Waals surface area contributed by atoms with Crippen molar-refractivity contribution in [2.24, 2.45) is 0 Å². The first-order valence-electron chi connectivity index (χ1n) is 6.37. The Morgan fingerprint density at radius 2 is 1.86 bits per heavy atom. The first-order valence-corrected chi connectivity index (χ1v) is 6.37. The van der Waals surface area contributed by atoms with Crippen LogP contribution in [0.3, 0.4) is 0 Å². The van der Waals surface area contributed by atoms with Crippen molar-refractivity contribution in [2.75, 3.05) is 11.1 Å². The minimum absolute atomic E-state index is 0.192. The topological polar surface area (TPSA) is 83.3 Å². The van der Waals surface area contributed by atoms with E-state index in [0.29, 0.717) is 16.8 Å². The molecule has 0 radical (unpaired) electrons. The Kier molecular flexibility index (Phi) is 3.05. The highest BCUT2D eigenvalue weighted by Crippen LogP contribution is 2.26. The largest absolute Gasteiger partial charge is 0.396 e. The van der Waals surface area contributed by atoms with Crippen molar-refractivity contribution in [1.29, 1.82) is 5.26 Å². The molecule has 0 aliphatic rings. The number of para-hydroxylation sites is 1. The normalized spacial score (nSPS) is 10.2. The highest BCUT2D eigenvalue weighted by Gasteiger charge is 2.21. The molecule has 2 aromatic heterocycles. The van der Waals surface area contributed by atoms with E-state index in [1.807, 2.05) is 18.2 Å². The fourth-order valence-corrected chi connectivity index (χ4v) is 2.29. The summed E-state index contributed by atoms with van der Waals surface area (Å²) in [4.78, 5) is 12.5. The summed E-state index contributed by atoms with van der Waals surface area (Å²) in [5.41, 5.74) is 8.05. The number of hydrogen-bond donors (Lipinski definition) is 2. The number of nitrogen functional groups attached to an aromatic ring is 1. The number of nitrogens with zero attached hydrogens (tertiary/aromatic N) is 2. The number of benzene rings is 1. The van der Waals surface area contributed by atoms with Crippen molar-refractivity contribution >= 4 is 22.8 Å². The molecule has 5 heteroatoms. The molecule has 1 amide bonds. The third kappa shape index (κ3) is 2.09. The molecule has 0 aliphatic carbocycles. The van der Waals surface area contributed by atoms with Gasteiger partial charge in [0.05, 0.1) is 11.2 Å². The third-order valence-corrected chi connectivity index (χ3v) is 3.24. The monoisotopic (exact) mass is 276 g/mol. The summed E-state index contributed by atoms with van der Waals surface area (Å²) in [5, 5.41) is 12.0. The molecule has 2 heterocycles. The average Bonchev–Trinajstić information content (AvgIpc) is 2.79. The lowest BCUT2D eigenvalue weighted by molar-refractivity contribution is 0.102. The molecule has 21 heavy (non-hydrogen) atoms. The fourth-order valence-electron chi connectivity index (χ4n) is 2.29. The predicted octanol–water partition coefficient (Wildman–Crippen LogP) is 2.65. The van der Waals surface area contributed by atoms with Gasteiger partial charge in [0.1, 0.15) is 17.3 Å². The highest BCUT2D eigenvalue weighted by molar-refractivity contribution is 6.09. The molecule has 0 saturated carbocycles. The lowest BCUT2D eigenvalue weighted by Crippen LogP contribution is -2.15. The number of nitrogens with two attached hydrogens (primary N) is 1. The number of pyridine rings is 1. The molecule has 0 bridgehead atoms. The smallest absolute Gasteiger partial charge is 0.274 e. The molecule has 0 saturated heterocycles. The summed E-state index contributed by atoms with van der Waals surface area (Å²) in [7, 11) is 0. The van der Waals surface area contributed by atoms with E-state index in [0.717, 1.165) is 0 Å². The minimum Gasteiger partial charge on any atom is -0.396 e. The van der Waals surface area contributed by atoms with Crippen molar-refractivity contribution in [3.05, 3.63) is 66.0 Å². The fraction of sp³-hybridized carbons (Fsp3) is 0. The maximum atomic E-state index is 12.5. The van der Waals surface area contributed by atoms with Gasteiger partial charge in [-0.25, -0.2) is 0 Å². The van der Waals surface area contributed by atoms with Gasteiger partial charge in [0.25, 0.3) is 5.91 Å². The van der Waals surface area contributed by atoms with Crippen LogP contribution in [0.2, 0.25) is 0 Å². The molecule has 0 atom stereocenters. The maximum absolute atomic E-state index is 12.5. The van der Waals surface area contributed by atoms with Gasteiger partial charge in [0.2, 0.25) is 0 Å². The van der Waals surface area contributed by atoms with E-state index in [4.69, 9.17) is 5.73 Å². The van der Waals surface area contributed by atoms with Crippen molar-refractivity contribution < 1.29 is 4.79 Å². The summed E-state index contributed by atoms with van der Waals surface area (Å²) in [6.07, 6.45) is 1.71. The Hall–Kier alpha value is -3.26. The number of nitriles is 1. The number of nitrogens with one attached hydrogen (secondary N) is 1. The second-order valence-corrected chi connectivity index (χ2v) is 4.53. The zero-order valence-electron chi connectivity index (χ0n) is 11.1. The van der Waals surface area contributed by atoms with Crippen LogP contribution in [-0.4, -0.2) is 10.3 Å². The quantitative estimate of drug-likeness (QED) is 0.754. The zero-order chi connectivity index (χ0) is 14.8. The molecule has 1 aromatic carbocycles. The molecule has 5 nitrogen and oxygen atoms in total. The van der Waals surface area contributed by atoms with E-state index in [1.54, 1.807) is 40.9 Å². The summed E-state index contributed by atoms with van der Waals surface area (Å²) in [5.74, 6) is -0.346. The number of amides is 1. The van der Waals surface area contributed by atoms with Gasteiger partial charge in [0.15, 0.2) is 0 Å². The molecule has 102 valence electrons. The number of anilines is 2. The second-order valence-electron chi connectivity index (χ2n) is 4.53. The van der Waals surface area contributed by atoms with Crippen LogP contribution in [0.25, 0.3) is 5.52 Å². The van der Waals surface area contributed by atoms with Crippen molar-refractivity contribution in [1.82, 2.24) is 4.40 Å². The number of hydrogen-bond acceptors (Lipinski definition) is 3. The Bertz CT molecular complexity index is 859. The zero-order valence-corrected chi connectivity index (χ0v) is 11.1. The molecule has 3 aromatic rings. The highest BCUT2D eigenvalue weighted by atomic mass is 16.1. The Morgan fingerprint density at radius 3 is 2.57 bits per heavy atom. The molecule has 0 aliphatic heterocycles. The lowest BCUT2D eigenvalue weighted by Gasteiger charge is -2.06. The number of carbonyl (C=O) groups is 1. The number of rotatable bonds is 2. The minimum atomic E-state index is -0.346. The molecular weight excluding hydrogens is 264 g/mol. The molecule has 0 unspecified atom stereocenters. The van der Waals surface area contributed by atoms with Gasteiger partial charge in [-0.2, -0.15) is 5.26 Å². The van der Waals surface area contributed by atoms with Crippen LogP contribution in [0, 0.1) is 11.3 Å². The Morgan fingerprint density at radius 1 is 1.14 bits per heavy atom. The van der Waals surface area contributed by atoms with Crippen LogP contribution in [-0.2, 0) is 0 Å². The Balaban J connectivity index is 2.11. The van der Waals surface area contributed by atoms with Crippen LogP contribution in [0.15, 0.2) is 54.7 Å². The number of carbonyl (C=O) groups excluding carboxylic acids is 1. The van der Waals surface area contributed by atoms with E-state index in [1.165, 1.54) is 0 Å². The van der Waals surface area contributed by atoms with E-state index < -0.39 is 0 Å². The SMILES string of the molecule is N#Cc1c(N)c(C(=O)Nc2ccccc2)n2ccccc12. The standard InChI is InChI=1S/C16H12N4O/c17-10-12-13-8-4-5-9-20(13)15(14(12)18)16(21)19-11-6-2-1-3-7-11/h1-9H,18H2,(H,19,21). The van der Waals surface area contributed by atoms with Crippen LogP contribution in [0.5, 0.6) is 0 Å². The number of fused-ring (bicyclic) bond motifs is 1. The van der Waals surface area contributed by atoms with Gasteiger partial charge in [-0.05, 0) is 24.3 Å². The second kappa shape index (κ2) is 5.02. The van der Waals surface area contributed by atoms with Crippen LogP contribution < -0.4 is 11.1 Å². The molecule has 3 rings (SSSR count). The molecule has 3 N–H and O–H groups in total.